The molecule has 27 heavy (non-hydrogen) atoms. The lowest BCUT2D eigenvalue weighted by molar-refractivity contribution is -0.137. The molecule has 3 aromatic rings. The maximum Gasteiger partial charge on any atom is 0.323 e. The molecule has 2 aromatic heterocycles. The van der Waals surface area contributed by atoms with E-state index in [0.29, 0.717) is 24.5 Å². The zero-order valence-corrected chi connectivity index (χ0v) is 14.8. The van der Waals surface area contributed by atoms with Crippen molar-refractivity contribution in [2.75, 3.05) is 12.4 Å². The van der Waals surface area contributed by atoms with Crippen molar-refractivity contribution in [1.29, 1.82) is 0 Å². The van der Waals surface area contributed by atoms with Crippen molar-refractivity contribution < 1.29 is 19.0 Å². The molecule has 0 spiro atoms. The van der Waals surface area contributed by atoms with Gasteiger partial charge in [0, 0.05) is 22.6 Å². The number of carbonyl (C=O) groups is 1. The second-order valence-corrected chi connectivity index (χ2v) is 6.60. The van der Waals surface area contributed by atoms with E-state index in [2.05, 4.69) is 15.3 Å². The molecule has 1 aromatic carbocycles. The topological polar surface area (TPSA) is 89.3 Å². The number of hydrogen-bond acceptors (Lipinski definition) is 5. The molecule has 1 aliphatic carbocycles. The van der Waals surface area contributed by atoms with Crippen LogP contribution in [0.3, 0.4) is 0 Å². The van der Waals surface area contributed by atoms with Gasteiger partial charge in [0.05, 0.1) is 19.5 Å². The summed E-state index contributed by atoms with van der Waals surface area (Å²) in [5, 5.41) is 13.3. The molecule has 4 rings (SSSR count). The molecule has 2 heterocycles. The lowest BCUT2D eigenvalue weighted by Gasteiger charge is -2.24. The normalized spacial score (nSPS) is 16.1. The highest BCUT2D eigenvalue weighted by molar-refractivity contribution is 5.87. The van der Waals surface area contributed by atoms with Crippen LogP contribution >= 0.6 is 0 Å². The summed E-state index contributed by atoms with van der Waals surface area (Å²) in [6, 6.07) is 4.59. The van der Waals surface area contributed by atoms with Gasteiger partial charge in [-0.05, 0) is 43.0 Å². The Bertz CT molecular complexity index is 1000. The van der Waals surface area contributed by atoms with Crippen molar-refractivity contribution in [3.63, 3.8) is 0 Å². The van der Waals surface area contributed by atoms with E-state index in [0.717, 1.165) is 28.6 Å². The van der Waals surface area contributed by atoms with Crippen LogP contribution in [0.1, 0.15) is 17.7 Å². The first kappa shape index (κ1) is 17.3. The number of nitrogens with one attached hydrogen (secondary N) is 1. The first-order valence-electron chi connectivity index (χ1n) is 8.69. The minimum atomic E-state index is -0.911. The van der Waals surface area contributed by atoms with Crippen LogP contribution in [0.15, 0.2) is 30.6 Å². The van der Waals surface area contributed by atoms with E-state index < -0.39 is 5.97 Å². The van der Waals surface area contributed by atoms with Gasteiger partial charge in [0.15, 0.2) is 5.75 Å². The first-order chi connectivity index (χ1) is 13.0. The smallest absolute Gasteiger partial charge is 0.323 e. The fourth-order valence-electron chi connectivity index (χ4n) is 3.74. The molecule has 7 nitrogen and oxygen atoms in total. The number of nitrogens with zero attached hydrogens (tertiary/aromatic N) is 3. The highest BCUT2D eigenvalue weighted by Crippen LogP contribution is 2.33. The maximum absolute atomic E-state index is 13.8. The summed E-state index contributed by atoms with van der Waals surface area (Å²) in [4.78, 5) is 19.7. The SMILES string of the molecule is COc1cnc(NC2CCc3c(c4cc(F)ccc4n3CC(=O)O)C2)nc1. The molecule has 1 unspecified atom stereocenters. The van der Waals surface area contributed by atoms with Crippen molar-refractivity contribution in [3.05, 3.63) is 47.7 Å². The third-order valence-corrected chi connectivity index (χ3v) is 4.92. The fraction of sp³-hybridized carbons (Fsp3) is 0.316. The van der Waals surface area contributed by atoms with Gasteiger partial charge in [-0.2, -0.15) is 0 Å². The number of methoxy groups -OCH3 is 1. The van der Waals surface area contributed by atoms with Gasteiger partial charge in [0.2, 0.25) is 5.95 Å². The van der Waals surface area contributed by atoms with Crippen molar-refractivity contribution in [3.8, 4) is 5.75 Å². The monoisotopic (exact) mass is 370 g/mol. The Morgan fingerprint density at radius 1 is 1.41 bits per heavy atom. The number of anilines is 1. The predicted molar refractivity (Wildman–Crippen MR) is 97.6 cm³/mol. The summed E-state index contributed by atoms with van der Waals surface area (Å²) in [5.74, 6) is -0.152. The van der Waals surface area contributed by atoms with E-state index in [4.69, 9.17) is 4.74 Å². The number of benzene rings is 1. The molecule has 0 saturated heterocycles. The lowest BCUT2D eigenvalue weighted by Crippen LogP contribution is -2.29. The molecular formula is C19H19FN4O3. The number of halogens is 1. The Morgan fingerprint density at radius 3 is 2.89 bits per heavy atom. The number of carboxylic acid groups (broad SMARTS) is 1. The zero-order chi connectivity index (χ0) is 19.0. The molecule has 1 aliphatic rings. The zero-order valence-electron chi connectivity index (χ0n) is 14.8. The average molecular weight is 370 g/mol. The molecule has 0 aliphatic heterocycles. The summed E-state index contributed by atoms with van der Waals surface area (Å²) < 4.78 is 20.7. The molecule has 2 N–H and O–H groups in total. The minimum Gasteiger partial charge on any atom is -0.494 e. The Kier molecular flexibility index (Phi) is 4.39. The maximum atomic E-state index is 13.8. The summed E-state index contributed by atoms with van der Waals surface area (Å²) in [6.07, 6.45) is 5.35. The number of aliphatic carboxylic acids is 1. The van der Waals surface area contributed by atoms with Crippen LogP contribution in [0.4, 0.5) is 10.3 Å². The van der Waals surface area contributed by atoms with Crippen LogP contribution in [0.2, 0.25) is 0 Å². The van der Waals surface area contributed by atoms with Crippen LogP contribution in [-0.2, 0) is 24.2 Å². The largest absolute Gasteiger partial charge is 0.494 e. The van der Waals surface area contributed by atoms with Crippen LogP contribution in [0, 0.1) is 5.82 Å². The third kappa shape index (κ3) is 3.30. The molecule has 1 atom stereocenters. The minimum absolute atomic E-state index is 0.0815. The van der Waals surface area contributed by atoms with Gasteiger partial charge in [-0.3, -0.25) is 4.79 Å². The Morgan fingerprint density at radius 2 is 2.19 bits per heavy atom. The van der Waals surface area contributed by atoms with Crippen LogP contribution in [0.25, 0.3) is 10.9 Å². The Hall–Kier alpha value is -3.16. The van der Waals surface area contributed by atoms with Crippen molar-refractivity contribution in [2.45, 2.75) is 31.8 Å². The van der Waals surface area contributed by atoms with Crippen molar-refractivity contribution in [1.82, 2.24) is 14.5 Å². The standard InChI is InChI=1S/C19H19FN4O3/c1-27-13-8-21-19(22-9-13)23-12-3-5-17-15(7-12)14-6-11(20)2-4-16(14)24(17)10-18(25)26/h2,4,6,8-9,12H,3,5,7,10H2,1H3,(H,25,26)(H,21,22,23). The highest BCUT2D eigenvalue weighted by atomic mass is 19.1. The Labute approximate surface area is 154 Å². The fourth-order valence-corrected chi connectivity index (χ4v) is 3.74. The first-order valence-corrected chi connectivity index (χ1v) is 8.69. The Balaban J connectivity index is 1.65. The second kappa shape index (κ2) is 6.86. The molecule has 0 fully saturated rings. The van der Waals surface area contributed by atoms with E-state index in [-0.39, 0.29) is 18.4 Å². The quantitative estimate of drug-likeness (QED) is 0.718. The van der Waals surface area contributed by atoms with Gasteiger partial charge in [-0.15, -0.1) is 0 Å². The van der Waals surface area contributed by atoms with Crippen molar-refractivity contribution >= 4 is 22.8 Å². The second-order valence-electron chi connectivity index (χ2n) is 6.60. The number of ether oxygens (including phenoxy) is 1. The summed E-state index contributed by atoms with van der Waals surface area (Å²) in [7, 11) is 1.56. The summed E-state index contributed by atoms with van der Waals surface area (Å²) in [5.41, 5.74) is 2.71. The number of carboxylic acids is 1. The van der Waals surface area contributed by atoms with Gasteiger partial charge >= 0.3 is 5.97 Å². The molecule has 0 radical (unpaired) electrons. The van der Waals surface area contributed by atoms with Crippen LogP contribution < -0.4 is 10.1 Å². The van der Waals surface area contributed by atoms with Gasteiger partial charge in [-0.25, -0.2) is 14.4 Å². The summed E-state index contributed by atoms with van der Waals surface area (Å²) >= 11 is 0. The molecule has 140 valence electrons. The number of aromatic nitrogens is 3. The molecular weight excluding hydrogens is 351 g/mol. The van der Waals surface area contributed by atoms with Gasteiger partial charge < -0.3 is 19.7 Å². The predicted octanol–water partition coefficient (Wildman–Crippen LogP) is 2.63. The molecule has 0 bridgehead atoms. The van der Waals surface area contributed by atoms with Gasteiger partial charge in [-0.1, -0.05) is 0 Å². The number of hydrogen-bond donors (Lipinski definition) is 2. The molecule has 0 amide bonds. The average Bonchev–Trinajstić information content (AvgIpc) is 2.94. The van der Waals surface area contributed by atoms with E-state index in [9.17, 15) is 14.3 Å². The van der Waals surface area contributed by atoms with Gasteiger partial charge in [0.1, 0.15) is 12.4 Å². The number of fused-ring (bicyclic) bond motifs is 3. The third-order valence-electron chi connectivity index (χ3n) is 4.92. The van der Waals surface area contributed by atoms with Crippen molar-refractivity contribution in [2.24, 2.45) is 0 Å². The summed E-state index contributed by atoms with van der Waals surface area (Å²) in [6.45, 7) is -0.128. The van der Waals surface area contributed by atoms with E-state index >= 15 is 0 Å². The van der Waals surface area contributed by atoms with E-state index in [1.807, 2.05) is 0 Å². The number of rotatable bonds is 5. The molecule has 0 saturated carbocycles. The van der Waals surface area contributed by atoms with Gasteiger partial charge in [0.25, 0.3) is 0 Å². The van der Waals surface area contributed by atoms with E-state index in [1.165, 1.54) is 12.1 Å². The van der Waals surface area contributed by atoms with Crippen LogP contribution in [-0.4, -0.2) is 38.8 Å². The lowest BCUT2D eigenvalue weighted by atomic mass is 9.91. The molecule has 8 heteroatoms. The van der Waals surface area contributed by atoms with Crippen LogP contribution in [0.5, 0.6) is 5.75 Å². The highest BCUT2D eigenvalue weighted by Gasteiger charge is 2.26. The van der Waals surface area contributed by atoms with E-state index in [1.54, 1.807) is 30.1 Å².